The van der Waals surface area contributed by atoms with Gasteiger partial charge in [-0.3, -0.25) is 9.59 Å². The van der Waals surface area contributed by atoms with E-state index in [-0.39, 0.29) is 18.6 Å². The second kappa shape index (κ2) is 10.3. The Morgan fingerprint density at radius 1 is 1.05 bits per heavy atom. The van der Waals surface area contributed by atoms with Crippen molar-refractivity contribution in [1.82, 2.24) is 23.9 Å². The molecule has 214 valence electrons. The summed E-state index contributed by atoms with van der Waals surface area (Å²) in [6, 6.07) is 12.7. The van der Waals surface area contributed by atoms with E-state index in [1.54, 1.807) is 11.0 Å². The summed E-state index contributed by atoms with van der Waals surface area (Å²) in [4.78, 5) is 59.0. The van der Waals surface area contributed by atoms with Crippen molar-refractivity contribution in [3.8, 4) is 0 Å². The molecule has 4 aromatic rings. The minimum absolute atomic E-state index is 0.0153. The normalized spacial score (nSPS) is 16.2. The zero-order valence-corrected chi connectivity index (χ0v) is 22.3. The lowest BCUT2D eigenvalue weighted by atomic mass is 10.2. The predicted octanol–water partition coefficient (Wildman–Crippen LogP) is 1.82. The van der Waals surface area contributed by atoms with Crippen LogP contribution < -0.4 is 26.3 Å². The van der Waals surface area contributed by atoms with Gasteiger partial charge in [-0.05, 0) is 31.4 Å². The third-order valence-electron chi connectivity index (χ3n) is 7.60. The average Bonchev–Trinajstić information content (AvgIpc) is 3.74. The Morgan fingerprint density at radius 3 is 2.41 bits per heavy atom. The smallest absolute Gasteiger partial charge is 0.405 e. The van der Waals surface area contributed by atoms with Crippen molar-refractivity contribution in [2.75, 3.05) is 31.1 Å². The first-order chi connectivity index (χ1) is 19.7. The molecule has 2 aromatic carbocycles. The lowest BCUT2D eigenvalue weighted by Gasteiger charge is -2.37. The largest absolute Gasteiger partial charge is 0.465 e. The van der Waals surface area contributed by atoms with Crippen LogP contribution >= 0.6 is 0 Å². The molecule has 1 saturated heterocycles. The maximum atomic E-state index is 15.6. The van der Waals surface area contributed by atoms with E-state index in [0.29, 0.717) is 53.3 Å². The van der Waals surface area contributed by atoms with Gasteiger partial charge in [-0.15, -0.1) is 0 Å². The molecule has 2 aliphatic rings. The number of fused-ring (bicyclic) bond motifs is 3. The number of piperazine rings is 1. The number of rotatable bonds is 7. The molecule has 1 saturated carbocycles. The second-order valence-electron chi connectivity index (χ2n) is 10.4. The molecule has 2 aromatic heterocycles. The quantitative estimate of drug-likeness (QED) is 0.350. The van der Waals surface area contributed by atoms with Crippen LogP contribution in [-0.2, 0) is 11.4 Å². The lowest BCUT2D eigenvalue weighted by molar-refractivity contribution is -0.133. The SMILES string of the molecule is C[C@H](NC(=O)O)C(=O)N1CCN(c2cc3c(cc2F)n2c(=O)n(OCc4ccccc4)c(=O)cc2n3C2CC2)CC1. The first-order valence-electron chi connectivity index (χ1n) is 13.5. The molecule has 0 unspecified atom stereocenters. The Morgan fingerprint density at radius 2 is 1.76 bits per heavy atom. The van der Waals surface area contributed by atoms with Gasteiger partial charge in [-0.1, -0.05) is 35.1 Å². The first-order valence-corrected chi connectivity index (χ1v) is 13.5. The molecule has 0 bridgehead atoms. The summed E-state index contributed by atoms with van der Waals surface area (Å²) in [6.07, 6.45) is 0.469. The van der Waals surface area contributed by atoms with E-state index in [2.05, 4.69) is 5.32 Å². The number of benzene rings is 2. The monoisotopic (exact) mass is 564 g/mol. The molecule has 2 N–H and O–H groups in total. The number of halogens is 1. The minimum atomic E-state index is -1.28. The van der Waals surface area contributed by atoms with Crippen LogP contribution in [0.25, 0.3) is 16.7 Å². The van der Waals surface area contributed by atoms with Crippen LogP contribution in [0.4, 0.5) is 14.9 Å². The van der Waals surface area contributed by atoms with Crippen LogP contribution in [0.1, 0.15) is 31.4 Å². The Kier molecular flexibility index (Phi) is 6.64. The van der Waals surface area contributed by atoms with E-state index in [1.807, 2.05) is 39.8 Å². The highest BCUT2D eigenvalue weighted by Gasteiger charge is 2.31. The molecule has 12 nitrogen and oxygen atoms in total. The minimum Gasteiger partial charge on any atom is -0.465 e. The molecule has 0 radical (unpaired) electrons. The summed E-state index contributed by atoms with van der Waals surface area (Å²) >= 11 is 0. The van der Waals surface area contributed by atoms with Gasteiger partial charge in [0, 0.05) is 44.4 Å². The number of imidazole rings is 1. The summed E-state index contributed by atoms with van der Waals surface area (Å²) in [6.45, 7) is 2.78. The number of carbonyl (C=O) groups is 2. The molecule has 6 rings (SSSR count). The Labute approximate surface area is 232 Å². The maximum Gasteiger partial charge on any atom is 0.405 e. The fourth-order valence-electron chi connectivity index (χ4n) is 5.44. The Balaban J connectivity index is 1.34. The van der Waals surface area contributed by atoms with Gasteiger partial charge in [0.05, 0.1) is 16.7 Å². The molecule has 41 heavy (non-hydrogen) atoms. The zero-order valence-electron chi connectivity index (χ0n) is 22.3. The summed E-state index contributed by atoms with van der Waals surface area (Å²) in [5.74, 6) is -0.879. The number of carboxylic acid groups (broad SMARTS) is 1. The highest BCUT2D eigenvalue weighted by Crippen LogP contribution is 2.40. The van der Waals surface area contributed by atoms with Gasteiger partial charge in [0.25, 0.3) is 5.56 Å². The molecule has 2 fully saturated rings. The zero-order chi connectivity index (χ0) is 28.8. The van der Waals surface area contributed by atoms with Gasteiger partial charge in [-0.2, -0.15) is 0 Å². The van der Waals surface area contributed by atoms with Crippen LogP contribution in [0.5, 0.6) is 0 Å². The number of amides is 2. The van der Waals surface area contributed by atoms with Crippen molar-refractivity contribution in [2.45, 2.75) is 38.5 Å². The van der Waals surface area contributed by atoms with Crippen molar-refractivity contribution in [3.63, 3.8) is 0 Å². The van der Waals surface area contributed by atoms with Gasteiger partial charge in [0.2, 0.25) is 5.91 Å². The van der Waals surface area contributed by atoms with Crippen LogP contribution in [0.2, 0.25) is 0 Å². The highest BCUT2D eigenvalue weighted by atomic mass is 19.1. The molecular formula is C28H29FN6O6. The second-order valence-corrected chi connectivity index (χ2v) is 10.4. The number of carbonyl (C=O) groups excluding carboxylic acids is 1. The molecule has 13 heteroatoms. The number of nitrogens with one attached hydrogen (secondary N) is 1. The van der Waals surface area contributed by atoms with Gasteiger partial charge < -0.3 is 29.6 Å². The maximum absolute atomic E-state index is 15.6. The summed E-state index contributed by atoms with van der Waals surface area (Å²) in [5.41, 5.74) is 1.13. The fourth-order valence-corrected chi connectivity index (χ4v) is 5.44. The van der Waals surface area contributed by atoms with Crippen LogP contribution in [0.3, 0.4) is 0 Å². The third kappa shape index (κ3) is 4.87. The summed E-state index contributed by atoms with van der Waals surface area (Å²) in [7, 11) is 0. The molecule has 1 aliphatic heterocycles. The van der Waals surface area contributed by atoms with Crippen LogP contribution in [0, 0.1) is 5.82 Å². The van der Waals surface area contributed by atoms with E-state index in [4.69, 9.17) is 9.94 Å². The van der Waals surface area contributed by atoms with E-state index in [0.717, 1.165) is 18.4 Å². The van der Waals surface area contributed by atoms with Crippen molar-refractivity contribution in [2.24, 2.45) is 0 Å². The standard InChI is InChI=1S/C28H29FN6O6/c1-17(30-27(38)39)26(37)32-11-9-31(10-12-32)21-14-23-22(13-20(21)29)34-24(33(23)19-7-8-19)15-25(36)35(28(34)40)41-16-18-5-3-2-4-6-18/h2-6,13-15,17,19,30H,7-12,16H2,1H3,(H,38,39)/t17-/m0/s1. The molecular weight excluding hydrogens is 535 g/mol. The first kappa shape index (κ1) is 26.4. The van der Waals surface area contributed by atoms with Crippen LogP contribution in [0.15, 0.2) is 58.1 Å². The summed E-state index contributed by atoms with van der Waals surface area (Å²) in [5, 5.41) is 11.1. The lowest BCUT2D eigenvalue weighted by Crippen LogP contribution is -2.54. The predicted molar refractivity (Wildman–Crippen MR) is 148 cm³/mol. The van der Waals surface area contributed by atoms with E-state index in [9.17, 15) is 19.2 Å². The van der Waals surface area contributed by atoms with E-state index < -0.39 is 29.2 Å². The molecule has 1 aliphatic carbocycles. The molecule has 0 spiro atoms. The molecule has 3 heterocycles. The topological polar surface area (TPSA) is 131 Å². The third-order valence-corrected chi connectivity index (χ3v) is 7.60. The number of aromatic nitrogens is 3. The van der Waals surface area contributed by atoms with Crippen molar-refractivity contribution < 1.29 is 23.9 Å². The van der Waals surface area contributed by atoms with Gasteiger partial charge in [-0.25, -0.2) is 18.4 Å². The van der Waals surface area contributed by atoms with E-state index in [1.165, 1.54) is 23.5 Å². The van der Waals surface area contributed by atoms with Gasteiger partial charge >= 0.3 is 11.8 Å². The van der Waals surface area contributed by atoms with Crippen molar-refractivity contribution >= 4 is 34.4 Å². The highest BCUT2D eigenvalue weighted by molar-refractivity contribution is 5.87. The number of anilines is 1. The van der Waals surface area contributed by atoms with Gasteiger partial charge in [0.1, 0.15) is 24.1 Å². The van der Waals surface area contributed by atoms with Crippen molar-refractivity contribution in [3.05, 3.63) is 80.7 Å². The average molecular weight is 565 g/mol. The van der Waals surface area contributed by atoms with Gasteiger partial charge in [0.15, 0.2) is 0 Å². The number of nitrogens with zero attached hydrogens (tertiary/aromatic N) is 5. The van der Waals surface area contributed by atoms with Crippen molar-refractivity contribution in [1.29, 1.82) is 0 Å². The Bertz CT molecular complexity index is 1770. The fraction of sp³-hybridized carbons (Fsp3) is 0.357. The number of hydrogen-bond acceptors (Lipinski definition) is 6. The molecule has 1 atom stereocenters. The van der Waals surface area contributed by atoms with E-state index >= 15 is 4.39 Å². The molecule has 2 amide bonds. The summed E-state index contributed by atoms with van der Waals surface area (Å²) < 4.78 is 19.6. The van der Waals surface area contributed by atoms with Crippen LogP contribution in [-0.4, -0.2) is 67.9 Å². The number of hydrogen-bond donors (Lipinski definition) is 2. The Hall–Kier alpha value is -4.81.